The van der Waals surface area contributed by atoms with Crippen LogP contribution in [0.4, 0.5) is 43.9 Å². The van der Waals surface area contributed by atoms with E-state index in [4.69, 9.17) is 10.3 Å². The van der Waals surface area contributed by atoms with Crippen molar-refractivity contribution in [2.45, 2.75) is 6.18 Å². The zero-order chi connectivity index (χ0) is 23.0. The molecule has 0 aliphatic carbocycles. The van der Waals surface area contributed by atoms with Crippen molar-refractivity contribution in [3.63, 3.8) is 0 Å². The molecule has 4 N–H and O–H groups in total. The summed E-state index contributed by atoms with van der Waals surface area (Å²) in [4.78, 5) is 12.1. The van der Waals surface area contributed by atoms with E-state index in [1.807, 2.05) is 0 Å². The first-order valence-electron chi connectivity index (χ1n) is 9.02. The van der Waals surface area contributed by atoms with Gasteiger partial charge in [0.2, 0.25) is 5.58 Å². The molecule has 4 aromatic rings. The van der Waals surface area contributed by atoms with Crippen LogP contribution in [0.15, 0.2) is 59.1 Å². The number of nitrogens with zero attached hydrogens (tertiary/aromatic N) is 1. The zero-order valence-electron chi connectivity index (χ0n) is 15.9. The van der Waals surface area contributed by atoms with E-state index in [0.29, 0.717) is 34.3 Å². The minimum absolute atomic E-state index is 0.0219. The number of urea groups is 1. The third-order valence-electron chi connectivity index (χ3n) is 4.58. The Labute approximate surface area is 176 Å². The summed E-state index contributed by atoms with van der Waals surface area (Å²) < 4.78 is 70.6. The first-order valence-corrected chi connectivity index (χ1v) is 9.02. The first kappa shape index (κ1) is 21.1. The van der Waals surface area contributed by atoms with Crippen LogP contribution in [0.5, 0.6) is 0 Å². The average Bonchev–Trinajstić information content (AvgIpc) is 3.12. The normalized spacial score (nSPS) is 11.5. The number of benzene rings is 3. The highest BCUT2D eigenvalue weighted by atomic mass is 19.4. The van der Waals surface area contributed by atoms with Crippen molar-refractivity contribution in [3.8, 4) is 11.1 Å². The van der Waals surface area contributed by atoms with Gasteiger partial charge in [-0.05, 0) is 47.5 Å². The van der Waals surface area contributed by atoms with Crippen molar-refractivity contribution < 1.29 is 31.3 Å². The molecular weight excluding hydrogens is 435 g/mol. The van der Waals surface area contributed by atoms with E-state index >= 15 is 0 Å². The van der Waals surface area contributed by atoms with E-state index in [1.54, 1.807) is 12.1 Å². The largest absolute Gasteiger partial charge is 0.419 e. The number of carbonyl (C=O) groups excluding carboxylic acids is 1. The maximum absolute atomic E-state index is 13.9. The van der Waals surface area contributed by atoms with Gasteiger partial charge in [0.25, 0.3) is 0 Å². The molecule has 4 rings (SSSR count). The molecule has 32 heavy (non-hydrogen) atoms. The maximum Gasteiger partial charge on any atom is 0.419 e. The number of amides is 2. The van der Waals surface area contributed by atoms with Gasteiger partial charge in [-0.15, -0.1) is 0 Å². The van der Waals surface area contributed by atoms with E-state index in [-0.39, 0.29) is 17.1 Å². The van der Waals surface area contributed by atoms with Crippen LogP contribution in [-0.2, 0) is 6.18 Å². The maximum atomic E-state index is 13.9. The second-order valence-corrected chi connectivity index (χ2v) is 6.72. The highest BCUT2D eigenvalue weighted by Gasteiger charge is 2.34. The lowest BCUT2D eigenvalue weighted by Gasteiger charge is -2.12. The van der Waals surface area contributed by atoms with Gasteiger partial charge in [0.05, 0.1) is 10.9 Å². The summed E-state index contributed by atoms with van der Waals surface area (Å²) in [7, 11) is 0. The lowest BCUT2D eigenvalue weighted by atomic mass is 10.0. The van der Waals surface area contributed by atoms with Crippen LogP contribution >= 0.6 is 0 Å². The lowest BCUT2D eigenvalue weighted by molar-refractivity contribution is -0.139. The quantitative estimate of drug-likeness (QED) is 0.334. The van der Waals surface area contributed by atoms with E-state index in [2.05, 4.69) is 15.8 Å². The van der Waals surface area contributed by atoms with Crippen LogP contribution in [0.2, 0.25) is 0 Å². The lowest BCUT2D eigenvalue weighted by Crippen LogP contribution is -2.20. The number of fused-ring (bicyclic) bond motifs is 1. The number of aromatic nitrogens is 1. The zero-order valence-corrected chi connectivity index (χ0v) is 15.9. The Morgan fingerprint density at radius 2 is 1.53 bits per heavy atom. The van der Waals surface area contributed by atoms with Crippen LogP contribution < -0.4 is 16.4 Å². The second kappa shape index (κ2) is 7.84. The Balaban J connectivity index is 1.51. The van der Waals surface area contributed by atoms with Crippen molar-refractivity contribution in [3.05, 3.63) is 71.8 Å². The molecule has 0 unspecified atom stereocenters. The predicted octanol–water partition coefficient (Wildman–Crippen LogP) is 6.02. The summed E-state index contributed by atoms with van der Waals surface area (Å²) in [6, 6.07) is 10.3. The number of rotatable bonds is 3. The van der Waals surface area contributed by atoms with Crippen LogP contribution in [0.3, 0.4) is 0 Å². The molecule has 0 spiro atoms. The number of carbonyl (C=O) groups is 1. The first-order chi connectivity index (χ1) is 15.1. The number of alkyl halides is 3. The van der Waals surface area contributed by atoms with Gasteiger partial charge in [0.15, 0.2) is 11.6 Å². The van der Waals surface area contributed by atoms with Gasteiger partial charge in [-0.2, -0.15) is 13.2 Å². The van der Waals surface area contributed by atoms with E-state index < -0.39 is 29.4 Å². The fourth-order valence-electron chi connectivity index (χ4n) is 3.13. The van der Waals surface area contributed by atoms with Crippen molar-refractivity contribution in [2.75, 3.05) is 16.4 Å². The number of nitrogens with two attached hydrogens (primary N) is 1. The molecule has 164 valence electrons. The molecule has 11 heteroatoms. The molecule has 1 aromatic heterocycles. The number of nitrogen functional groups attached to an aromatic ring is 1. The second-order valence-electron chi connectivity index (χ2n) is 6.72. The summed E-state index contributed by atoms with van der Waals surface area (Å²) >= 11 is 0. The van der Waals surface area contributed by atoms with Crippen LogP contribution in [0.1, 0.15) is 5.56 Å². The van der Waals surface area contributed by atoms with Gasteiger partial charge >= 0.3 is 12.2 Å². The molecule has 2 amide bonds. The fourth-order valence-corrected chi connectivity index (χ4v) is 3.13. The molecule has 3 aromatic carbocycles. The van der Waals surface area contributed by atoms with Crippen molar-refractivity contribution in [2.24, 2.45) is 0 Å². The molecular formula is C21H13F5N4O2. The molecule has 1 heterocycles. The van der Waals surface area contributed by atoms with Gasteiger partial charge in [-0.25, -0.2) is 13.6 Å². The van der Waals surface area contributed by atoms with Gasteiger partial charge in [-0.1, -0.05) is 23.4 Å². The van der Waals surface area contributed by atoms with Gasteiger partial charge in [-0.3, -0.25) is 0 Å². The van der Waals surface area contributed by atoms with Crippen molar-refractivity contribution in [1.29, 1.82) is 0 Å². The summed E-state index contributed by atoms with van der Waals surface area (Å²) in [5.41, 5.74) is 5.47. The number of nitrogens with one attached hydrogen (secondary N) is 2. The van der Waals surface area contributed by atoms with Gasteiger partial charge < -0.3 is 20.9 Å². The monoisotopic (exact) mass is 448 g/mol. The SMILES string of the molecule is Nc1noc2c(F)ccc(-c3ccc(NC(=O)Nc4ccc(F)c(C(F)(F)F)c4)cc3)c12. The molecule has 6 nitrogen and oxygen atoms in total. The molecule has 0 fully saturated rings. The average molecular weight is 448 g/mol. The number of hydrogen-bond donors (Lipinski definition) is 3. The summed E-state index contributed by atoms with van der Waals surface area (Å²) in [5, 5.41) is 8.54. The van der Waals surface area contributed by atoms with Crippen molar-refractivity contribution >= 4 is 34.2 Å². The van der Waals surface area contributed by atoms with E-state index in [1.165, 1.54) is 24.3 Å². The number of halogens is 5. The molecule has 0 aliphatic heterocycles. The Bertz CT molecular complexity index is 1320. The third-order valence-corrected chi connectivity index (χ3v) is 4.58. The van der Waals surface area contributed by atoms with Crippen LogP contribution in [0, 0.1) is 11.6 Å². The third kappa shape index (κ3) is 4.04. The Morgan fingerprint density at radius 3 is 2.22 bits per heavy atom. The fraction of sp³-hybridized carbons (Fsp3) is 0.0476. The topological polar surface area (TPSA) is 93.2 Å². The molecule has 0 bridgehead atoms. The summed E-state index contributed by atoms with van der Waals surface area (Å²) in [5.74, 6) is -2.03. The molecule has 0 saturated heterocycles. The summed E-state index contributed by atoms with van der Waals surface area (Å²) in [6.07, 6.45) is -4.90. The van der Waals surface area contributed by atoms with Gasteiger partial charge in [0.1, 0.15) is 5.82 Å². The highest BCUT2D eigenvalue weighted by molar-refractivity contribution is 6.02. The Morgan fingerprint density at radius 1 is 0.906 bits per heavy atom. The standard InChI is InChI=1S/C21H13F5N4O2/c22-15-7-5-12(9-14(15)21(24,25)26)29-20(31)28-11-3-1-10(2-4-11)13-6-8-16(23)18-17(13)19(27)30-32-18/h1-9H,(H2,27,30)(H2,28,29,31). The molecule has 0 saturated carbocycles. The molecule has 0 atom stereocenters. The van der Waals surface area contributed by atoms with Crippen LogP contribution in [-0.4, -0.2) is 11.2 Å². The minimum atomic E-state index is -4.90. The highest BCUT2D eigenvalue weighted by Crippen LogP contribution is 2.35. The molecule has 0 aliphatic rings. The van der Waals surface area contributed by atoms with Crippen molar-refractivity contribution in [1.82, 2.24) is 5.16 Å². The minimum Gasteiger partial charge on any atom is -0.380 e. The predicted molar refractivity (Wildman–Crippen MR) is 108 cm³/mol. The van der Waals surface area contributed by atoms with E-state index in [0.717, 1.165) is 6.07 Å². The number of hydrogen-bond acceptors (Lipinski definition) is 4. The summed E-state index contributed by atoms with van der Waals surface area (Å²) in [6.45, 7) is 0. The molecule has 0 radical (unpaired) electrons. The van der Waals surface area contributed by atoms with Gasteiger partial charge in [0, 0.05) is 11.4 Å². The number of anilines is 3. The van der Waals surface area contributed by atoms with E-state index in [9.17, 15) is 26.7 Å². The Kier molecular flexibility index (Phi) is 5.17. The smallest absolute Gasteiger partial charge is 0.380 e. The Hall–Kier alpha value is -4.15. The van der Waals surface area contributed by atoms with Crippen LogP contribution in [0.25, 0.3) is 22.1 Å².